The molecule has 0 saturated heterocycles. The number of nitrogens with one attached hydrogen (secondary N) is 1. The predicted molar refractivity (Wildman–Crippen MR) is 121 cm³/mol. The molecular weight excluding hydrogens is 438 g/mol. The summed E-state index contributed by atoms with van der Waals surface area (Å²) < 4.78 is 13.5. The first-order valence-corrected chi connectivity index (χ1v) is 11.0. The number of carbonyl (C=O) groups is 2. The first kappa shape index (κ1) is 21.7. The molecule has 0 aromatic carbocycles. The van der Waals surface area contributed by atoms with Crippen molar-refractivity contribution >= 4 is 17.5 Å². The Balaban J connectivity index is 1.56. The number of hydrogen-bond donors (Lipinski definition) is 1. The second-order valence-corrected chi connectivity index (χ2v) is 9.36. The van der Waals surface area contributed by atoms with Crippen molar-refractivity contribution in [2.45, 2.75) is 52.4 Å². The third-order valence-electron chi connectivity index (χ3n) is 5.85. The van der Waals surface area contributed by atoms with Gasteiger partial charge in [0.25, 0.3) is 11.5 Å². The van der Waals surface area contributed by atoms with Gasteiger partial charge in [0.1, 0.15) is 29.4 Å². The molecule has 0 saturated carbocycles. The van der Waals surface area contributed by atoms with E-state index in [4.69, 9.17) is 8.83 Å². The van der Waals surface area contributed by atoms with Crippen molar-refractivity contribution in [3.63, 3.8) is 0 Å². The lowest BCUT2D eigenvalue weighted by Crippen LogP contribution is -2.32. The number of rotatable bonds is 6. The molecule has 5 rings (SSSR count). The zero-order valence-electron chi connectivity index (χ0n) is 19.2. The Morgan fingerprint density at radius 2 is 1.82 bits per heavy atom. The number of nitrogens with zero attached hydrogens (tertiary/aromatic N) is 4. The van der Waals surface area contributed by atoms with E-state index in [9.17, 15) is 14.4 Å². The fourth-order valence-corrected chi connectivity index (χ4v) is 4.06. The lowest BCUT2D eigenvalue weighted by Gasteiger charge is -2.15. The van der Waals surface area contributed by atoms with Gasteiger partial charge in [-0.25, -0.2) is 0 Å². The maximum absolute atomic E-state index is 13.4. The van der Waals surface area contributed by atoms with Crippen molar-refractivity contribution in [2.75, 3.05) is 0 Å². The van der Waals surface area contributed by atoms with Gasteiger partial charge in [0.05, 0.1) is 43.4 Å². The van der Waals surface area contributed by atoms with E-state index in [2.05, 4.69) is 10.4 Å². The Labute approximate surface area is 194 Å². The van der Waals surface area contributed by atoms with Gasteiger partial charge < -0.3 is 23.6 Å². The van der Waals surface area contributed by atoms with Gasteiger partial charge in [-0.15, -0.1) is 0 Å². The zero-order valence-corrected chi connectivity index (χ0v) is 19.2. The van der Waals surface area contributed by atoms with Crippen LogP contribution < -0.4 is 10.9 Å². The van der Waals surface area contributed by atoms with Crippen LogP contribution in [0, 0.1) is 0 Å². The molecule has 0 bridgehead atoms. The Hall–Kier alpha value is -4.08. The lowest BCUT2D eigenvalue weighted by atomic mass is 9.93. The smallest absolute Gasteiger partial charge is 0.280 e. The van der Waals surface area contributed by atoms with Crippen LogP contribution in [0.1, 0.15) is 54.0 Å². The molecule has 2 amide bonds. The van der Waals surface area contributed by atoms with Gasteiger partial charge in [-0.3, -0.25) is 14.4 Å². The minimum Gasteiger partial charge on any atom is -0.467 e. The van der Waals surface area contributed by atoms with Gasteiger partial charge in [-0.05, 0) is 24.3 Å². The Kier molecular flexibility index (Phi) is 5.15. The van der Waals surface area contributed by atoms with Crippen molar-refractivity contribution in [3.8, 4) is 0 Å². The third-order valence-corrected chi connectivity index (χ3v) is 5.85. The molecule has 0 atom stereocenters. The van der Waals surface area contributed by atoms with E-state index in [1.165, 1.54) is 21.9 Å². The van der Waals surface area contributed by atoms with Gasteiger partial charge in [-0.1, -0.05) is 20.8 Å². The van der Waals surface area contributed by atoms with Gasteiger partial charge in [0.2, 0.25) is 5.91 Å². The highest BCUT2D eigenvalue weighted by Gasteiger charge is 2.36. The van der Waals surface area contributed by atoms with E-state index in [1.807, 2.05) is 20.8 Å². The number of aromatic nitrogens is 3. The van der Waals surface area contributed by atoms with E-state index in [1.54, 1.807) is 34.9 Å². The first-order chi connectivity index (χ1) is 16.2. The second kappa shape index (κ2) is 8.05. The van der Waals surface area contributed by atoms with Gasteiger partial charge >= 0.3 is 0 Å². The molecule has 4 aromatic rings. The molecule has 1 aliphatic rings. The fraction of sp³-hybridized carbons (Fsp3) is 0.333. The normalized spacial score (nSPS) is 13.6. The molecule has 0 aliphatic carbocycles. The number of carbonyl (C=O) groups excluding carboxylic acids is 2. The van der Waals surface area contributed by atoms with Gasteiger partial charge in [-0.2, -0.15) is 9.61 Å². The molecule has 5 heterocycles. The first-order valence-electron chi connectivity index (χ1n) is 11.0. The highest BCUT2D eigenvalue weighted by atomic mass is 16.3. The molecule has 1 aliphatic heterocycles. The summed E-state index contributed by atoms with van der Waals surface area (Å²) in [6, 6.07) is 8.79. The minimum absolute atomic E-state index is 0.113. The van der Waals surface area contributed by atoms with E-state index >= 15 is 0 Å². The zero-order chi connectivity index (χ0) is 24.0. The predicted octanol–water partition coefficient (Wildman–Crippen LogP) is 2.45. The van der Waals surface area contributed by atoms with Crippen LogP contribution in [0.5, 0.6) is 0 Å². The number of amides is 2. The summed E-state index contributed by atoms with van der Waals surface area (Å²) in [5.41, 5.74) is 0.928. The highest BCUT2D eigenvalue weighted by molar-refractivity contribution is 5.97. The van der Waals surface area contributed by atoms with Crippen LogP contribution in [0.4, 0.5) is 0 Å². The second-order valence-electron chi connectivity index (χ2n) is 9.36. The van der Waals surface area contributed by atoms with Gasteiger partial charge in [0, 0.05) is 11.5 Å². The molecule has 0 unspecified atom stereocenters. The molecule has 10 nitrogen and oxygen atoms in total. The van der Waals surface area contributed by atoms with Crippen LogP contribution in [0.2, 0.25) is 0 Å². The molecule has 34 heavy (non-hydrogen) atoms. The largest absolute Gasteiger partial charge is 0.467 e. The van der Waals surface area contributed by atoms with Crippen molar-refractivity contribution in [2.24, 2.45) is 0 Å². The van der Waals surface area contributed by atoms with Crippen LogP contribution in [0.25, 0.3) is 5.65 Å². The Morgan fingerprint density at radius 3 is 2.47 bits per heavy atom. The summed E-state index contributed by atoms with van der Waals surface area (Å²) in [5.74, 6) is 0.572. The molecule has 10 heteroatoms. The Bertz CT molecular complexity index is 1420. The summed E-state index contributed by atoms with van der Waals surface area (Å²) in [6.45, 7) is 6.37. The maximum atomic E-state index is 13.4. The summed E-state index contributed by atoms with van der Waals surface area (Å²) >= 11 is 0. The lowest BCUT2D eigenvalue weighted by molar-refractivity contribution is -0.121. The van der Waals surface area contributed by atoms with Crippen LogP contribution in [0.3, 0.4) is 0 Å². The molecule has 0 radical (unpaired) electrons. The summed E-state index contributed by atoms with van der Waals surface area (Å²) in [6.07, 6.45) is 3.07. The third kappa shape index (κ3) is 3.81. The van der Waals surface area contributed by atoms with E-state index in [-0.39, 0.29) is 54.7 Å². The highest BCUT2D eigenvalue weighted by Crippen LogP contribution is 2.27. The molecule has 1 N–H and O–H groups in total. The fourth-order valence-electron chi connectivity index (χ4n) is 4.06. The molecule has 0 fully saturated rings. The molecular formula is C24H25N5O5. The van der Waals surface area contributed by atoms with Crippen LogP contribution in [0.15, 0.2) is 56.5 Å². The summed E-state index contributed by atoms with van der Waals surface area (Å²) in [7, 11) is 0. The average molecular weight is 463 g/mol. The molecule has 4 aromatic heterocycles. The topological polar surface area (TPSA) is 115 Å². The summed E-state index contributed by atoms with van der Waals surface area (Å²) in [5, 5.41) is 7.33. The number of furan rings is 2. The van der Waals surface area contributed by atoms with Crippen LogP contribution in [-0.2, 0) is 36.4 Å². The monoisotopic (exact) mass is 463 g/mol. The van der Waals surface area contributed by atoms with E-state index in [0.717, 1.165) is 0 Å². The van der Waals surface area contributed by atoms with Crippen molar-refractivity contribution < 1.29 is 18.4 Å². The van der Waals surface area contributed by atoms with Crippen LogP contribution >= 0.6 is 0 Å². The van der Waals surface area contributed by atoms with E-state index in [0.29, 0.717) is 28.4 Å². The maximum Gasteiger partial charge on any atom is 0.280 e. The quantitative estimate of drug-likeness (QED) is 0.470. The number of fused-ring (bicyclic) bond motifs is 2. The van der Waals surface area contributed by atoms with Crippen molar-refractivity contribution in [1.82, 2.24) is 24.4 Å². The standard InChI is InChI=1S/C24H25N5O5/c1-24(2,3)18-10-20-28(14-19(30)25-11-15-6-4-8-33-15)21-17(22(31)29(20)26-18)13-27(23(21)32)12-16-7-5-9-34-16/h4-10H,11-14H2,1-3H3,(H,25,30). The summed E-state index contributed by atoms with van der Waals surface area (Å²) in [4.78, 5) is 41.2. The number of hydrogen-bond acceptors (Lipinski definition) is 6. The minimum atomic E-state index is -0.358. The SMILES string of the molecule is CC(C)(C)c1cc2n(CC(=O)NCc3ccco3)c3c(c(=O)n2n1)CN(Cc1ccco1)C3=O. The van der Waals surface area contributed by atoms with Crippen molar-refractivity contribution in [3.05, 3.63) is 81.7 Å². The van der Waals surface area contributed by atoms with E-state index < -0.39 is 0 Å². The van der Waals surface area contributed by atoms with Gasteiger partial charge in [0.15, 0.2) is 0 Å². The van der Waals surface area contributed by atoms with Crippen LogP contribution in [-0.4, -0.2) is 30.9 Å². The molecule has 176 valence electrons. The molecule has 0 spiro atoms. The average Bonchev–Trinajstić information content (AvgIpc) is 3.57. The Morgan fingerprint density at radius 1 is 1.12 bits per heavy atom. The van der Waals surface area contributed by atoms with Crippen molar-refractivity contribution in [1.29, 1.82) is 0 Å².